The molecule has 1 saturated heterocycles. The van der Waals surface area contributed by atoms with E-state index in [1.54, 1.807) is 12.1 Å². The number of carboxylic acids is 1. The number of amides is 1. The lowest BCUT2D eigenvalue weighted by Gasteiger charge is -2.26. The van der Waals surface area contributed by atoms with Gasteiger partial charge >= 0.3 is 5.97 Å². The van der Waals surface area contributed by atoms with Crippen LogP contribution in [-0.4, -0.2) is 33.8 Å². The number of nitrogens with zero attached hydrogens (tertiary/aromatic N) is 1. The number of aliphatic carboxylic acids is 1. The first kappa shape index (κ1) is 14.1. The van der Waals surface area contributed by atoms with E-state index in [0.29, 0.717) is 18.5 Å². The highest BCUT2D eigenvalue weighted by Gasteiger charge is 2.38. The number of carboxylic acid groups (broad SMARTS) is 1. The molecular weight excluding hydrogens is 310 g/mol. The molecule has 0 aliphatic carbocycles. The van der Waals surface area contributed by atoms with Crippen LogP contribution in [0.2, 0.25) is 0 Å². The quantitative estimate of drug-likeness (QED) is 0.864. The Balaban J connectivity index is 2.35. The maximum atomic E-state index is 12.0. The fourth-order valence-electron chi connectivity index (χ4n) is 2.49. The minimum atomic E-state index is -0.974. The van der Waals surface area contributed by atoms with Gasteiger partial charge in [-0.25, -0.2) is 4.79 Å². The molecule has 4 nitrogen and oxygen atoms in total. The predicted octanol–water partition coefficient (Wildman–Crippen LogP) is 2.36. The average molecular weight is 326 g/mol. The summed E-state index contributed by atoms with van der Waals surface area (Å²) in [5.74, 6) is -0.864. The van der Waals surface area contributed by atoms with Crippen molar-refractivity contribution in [1.29, 1.82) is 0 Å². The van der Waals surface area contributed by atoms with Gasteiger partial charge in [0.2, 0.25) is 5.91 Å². The van der Waals surface area contributed by atoms with E-state index in [1.807, 2.05) is 19.1 Å². The van der Waals surface area contributed by atoms with Crippen LogP contribution in [0.15, 0.2) is 24.3 Å². The summed E-state index contributed by atoms with van der Waals surface area (Å²) >= 11 is 3.36. The molecule has 0 bridgehead atoms. The second-order valence-corrected chi connectivity index (χ2v) is 5.52. The van der Waals surface area contributed by atoms with Crippen LogP contribution in [-0.2, 0) is 9.59 Å². The monoisotopic (exact) mass is 325 g/mol. The highest BCUT2D eigenvalue weighted by Crippen LogP contribution is 2.31. The van der Waals surface area contributed by atoms with E-state index in [9.17, 15) is 14.7 Å². The van der Waals surface area contributed by atoms with Gasteiger partial charge in [-0.2, -0.15) is 0 Å². The SMILES string of the molecule is Cc1ccccc1C(C(=O)O)N1CC(CBr)CC1=O. The first-order chi connectivity index (χ1) is 9.04. The third-order valence-electron chi connectivity index (χ3n) is 3.49. The Kier molecular flexibility index (Phi) is 4.24. The topological polar surface area (TPSA) is 57.6 Å². The molecule has 1 heterocycles. The summed E-state index contributed by atoms with van der Waals surface area (Å²) in [6, 6.07) is 6.44. The molecule has 1 aromatic rings. The zero-order valence-corrected chi connectivity index (χ0v) is 12.3. The van der Waals surface area contributed by atoms with Crippen LogP contribution < -0.4 is 0 Å². The van der Waals surface area contributed by atoms with Gasteiger partial charge in [-0.1, -0.05) is 40.2 Å². The number of aryl methyl sites for hydroxylation is 1. The van der Waals surface area contributed by atoms with Gasteiger partial charge in [0, 0.05) is 18.3 Å². The molecular formula is C14H16BrNO3. The number of carbonyl (C=O) groups is 2. The van der Waals surface area contributed by atoms with E-state index >= 15 is 0 Å². The summed E-state index contributed by atoms with van der Waals surface area (Å²) in [5.41, 5.74) is 1.59. The number of carbonyl (C=O) groups excluding carboxylic acids is 1. The normalized spacial score (nSPS) is 20.6. The lowest BCUT2D eigenvalue weighted by Crippen LogP contribution is -2.35. The van der Waals surface area contributed by atoms with Crippen molar-refractivity contribution in [3.05, 3.63) is 35.4 Å². The Labute approximate surface area is 120 Å². The highest BCUT2D eigenvalue weighted by atomic mass is 79.9. The molecule has 0 saturated carbocycles. The van der Waals surface area contributed by atoms with Crippen LogP contribution in [0.25, 0.3) is 0 Å². The smallest absolute Gasteiger partial charge is 0.331 e. The number of hydrogen-bond acceptors (Lipinski definition) is 2. The third-order valence-corrected chi connectivity index (χ3v) is 4.40. The number of halogens is 1. The van der Waals surface area contributed by atoms with Crippen LogP contribution >= 0.6 is 15.9 Å². The maximum absolute atomic E-state index is 12.0. The fraction of sp³-hybridized carbons (Fsp3) is 0.429. The van der Waals surface area contributed by atoms with Crippen molar-refractivity contribution < 1.29 is 14.7 Å². The van der Waals surface area contributed by atoms with Crippen molar-refractivity contribution in [2.75, 3.05) is 11.9 Å². The summed E-state index contributed by atoms with van der Waals surface area (Å²) in [6.45, 7) is 2.36. The number of hydrogen-bond donors (Lipinski definition) is 1. The van der Waals surface area contributed by atoms with Crippen molar-refractivity contribution >= 4 is 27.8 Å². The Morgan fingerprint density at radius 3 is 2.74 bits per heavy atom. The first-order valence-corrected chi connectivity index (χ1v) is 7.30. The molecule has 0 radical (unpaired) electrons. The van der Waals surface area contributed by atoms with Crippen LogP contribution in [0, 0.1) is 12.8 Å². The van der Waals surface area contributed by atoms with Gasteiger partial charge in [0.15, 0.2) is 6.04 Å². The molecule has 0 spiro atoms. The van der Waals surface area contributed by atoms with Crippen molar-refractivity contribution in [3.8, 4) is 0 Å². The molecule has 1 fully saturated rings. The molecule has 19 heavy (non-hydrogen) atoms. The number of rotatable bonds is 4. The van der Waals surface area contributed by atoms with Gasteiger partial charge in [-0.05, 0) is 24.0 Å². The lowest BCUT2D eigenvalue weighted by atomic mass is 10.0. The largest absolute Gasteiger partial charge is 0.479 e. The summed E-state index contributed by atoms with van der Waals surface area (Å²) in [5, 5.41) is 10.2. The summed E-state index contributed by atoms with van der Waals surface area (Å²) in [7, 11) is 0. The summed E-state index contributed by atoms with van der Waals surface area (Å²) in [6.07, 6.45) is 0.418. The average Bonchev–Trinajstić information content (AvgIpc) is 2.73. The van der Waals surface area contributed by atoms with E-state index in [-0.39, 0.29) is 11.8 Å². The molecule has 2 unspecified atom stereocenters. The first-order valence-electron chi connectivity index (χ1n) is 6.18. The fourth-order valence-corrected chi connectivity index (χ4v) is 2.92. The molecule has 2 rings (SSSR count). The van der Waals surface area contributed by atoms with E-state index < -0.39 is 12.0 Å². The maximum Gasteiger partial charge on any atom is 0.331 e. The van der Waals surface area contributed by atoms with Gasteiger partial charge < -0.3 is 10.0 Å². The molecule has 1 amide bonds. The van der Waals surface area contributed by atoms with Crippen molar-refractivity contribution in [2.45, 2.75) is 19.4 Å². The predicted molar refractivity (Wildman–Crippen MR) is 75.2 cm³/mol. The minimum Gasteiger partial charge on any atom is -0.479 e. The summed E-state index contributed by atoms with van der Waals surface area (Å²) < 4.78 is 0. The van der Waals surface area contributed by atoms with Gasteiger partial charge in [0.25, 0.3) is 0 Å². The van der Waals surface area contributed by atoms with Crippen LogP contribution in [0.5, 0.6) is 0 Å². The Morgan fingerprint density at radius 2 is 2.21 bits per heavy atom. The molecule has 1 N–H and O–H groups in total. The Morgan fingerprint density at radius 1 is 1.53 bits per heavy atom. The molecule has 1 aromatic carbocycles. The van der Waals surface area contributed by atoms with E-state index in [2.05, 4.69) is 15.9 Å². The zero-order valence-electron chi connectivity index (χ0n) is 10.7. The number of benzene rings is 1. The molecule has 0 aromatic heterocycles. The molecule has 102 valence electrons. The van der Waals surface area contributed by atoms with E-state index in [4.69, 9.17) is 0 Å². The molecule has 2 atom stereocenters. The molecule has 5 heteroatoms. The second-order valence-electron chi connectivity index (χ2n) is 4.87. The molecule has 1 aliphatic rings. The van der Waals surface area contributed by atoms with Gasteiger partial charge in [0.05, 0.1) is 0 Å². The second kappa shape index (κ2) is 5.74. The minimum absolute atomic E-state index is 0.0832. The van der Waals surface area contributed by atoms with Crippen LogP contribution in [0.3, 0.4) is 0 Å². The van der Waals surface area contributed by atoms with E-state index in [0.717, 1.165) is 10.9 Å². The Bertz CT molecular complexity index is 503. The highest BCUT2D eigenvalue weighted by molar-refractivity contribution is 9.09. The molecule has 1 aliphatic heterocycles. The van der Waals surface area contributed by atoms with Gasteiger partial charge in [-0.3, -0.25) is 4.79 Å². The number of alkyl halides is 1. The Hall–Kier alpha value is -1.36. The van der Waals surface area contributed by atoms with Crippen molar-refractivity contribution in [3.63, 3.8) is 0 Å². The summed E-state index contributed by atoms with van der Waals surface area (Å²) in [4.78, 5) is 25.1. The van der Waals surface area contributed by atoms with Crippen molar-refractivity contribution in [1.82, 2.24) is 4.90 Å². The van der Waals surface area contributed by atoms with Gasteiger partial charge in [0.1, 0.15) is 0 Å². The van der Waals surface area contributed by atoms with Gasteiger partial charge in [-0.15, -0.1) is 0 Å². The lowest BCUT2D eigenvalue weighted by molar-refractivity contribution is -0.148. The van der Waals surface area contributed by atoms with E-state index in [1.165, 1.54) is 4.90 Å². The zero-order chi connectivity index (χ0) is 14.0. The number of likely N-dealkylation sites (tertiary alicyclic amines) is 1. The van der Waals surface area contributed by atoms with Crippen LogP contribution in [0.1, 0.15) is 23.6 Å². The van der Waals surface area contributed by atoms with Crippen LogP contribution in [0.4, 0.5) is 0 Å². The van der Waals surface area contributed by atoms with Crippen molar-refractivity contribution in [2.24, 2.45) is 5.92 Å². The third kappa shape index (κ3) is 2.81. The standard InChI is InChI=1S/C14H16BrNO3/c1-9-4-2-3-5-11(9)13(14(18)19)16-8-10(7-15)6-12(16)17/h2-5,10,13H,6-8H2,1H3,(H,18,19).